The van der Waals surface area contributed by atoms with Gasteiger partial charge in [-0.25, -0.2) is 16.8 Å². The number of pyridine rings is 1. The Bertz CT molecular complexity index is 1020. The van der Waals surface area contributed by atoms with Crippen LogP contribution in [0, 0.1) is 11.7 Å². The largest absolute Gasteiger partial charge is 0.268 e. The van der Waals surface area contributed by atoms with E-state index in [0.29, 0.717) is 11.4 Å². The molecular weight excluding hydrogens is 339 g/mol. The molecule has 1 fully saturated rings. The lowest BCUT2D eigenvalue weighted by molar-refractivity contribution is 0.547. The van der Waals surface area contributed by atoms with Gasteiger partial charge in [0, 0.05) is 12.4 Å². The van der Waals surface area contributed by atoms with E-state index in [1.54, 1.807) is 24.5 Å². The number of rotatable bonds is 4. The molecule has 130 valence electrons. The minimum atomic E-state index is -3.86. The van der Waals surface area contributed by atoms with Crippen molar-refractivity contribution in [3.63, 3.8) is 0 Å². The summed E-state index contributed by atoms with van der Waals surface area (Å²) in [5, 5.41) is 0. The molecule has 4 rings (SSSR count). The first kappa shape index (κ1) is 16.3. The minimum Gasteiger partial charge on any atom is -0.254 e. The Morgan fingerprint density at radius 3 is 2.72 bits per heavy atom. The molecule has 3 aromatic rings. The summed E-state index contributed by atoms with van der Waals surface area (Å²) in [4.78, 5) is 4.35. The van der Waals surface area contributed by atoms with Crippen LogP contribution in [0.4, 0.5) is 4.39 Å². The molecule has 4 nitrogen and oxygen atoms in total. The Kier molecular flexibility index (Phi) is 4.07. The number of hydrogen-bond donors (Lipinski definition) is 0. The van der Waals surface area contributed by atoms with Crippen molar-refractivity contribution in [3.8, 4) is 0 Å². The van der Waals surface area contributed by atoms with Gasteiger partial charge in [0.1, 0.15) is 5.82 Å². The molecule has 0 spiro atoms. The van der Waals surface area contributed by atoms with E-state index >= 15 is 0 Å². The monoisotopic (exact) mass is 358 g/mol. The fraction of sp³-hybridized carbons (Fsp3) is 0.316. The van der Waals surface area contributed by atoms with E-state index < -0.39 is 15.8 Å². The van der Waals surface area contributed by atoms with Crippen LogP contribution in [-0.2, 0) is 16.4 Å². The van der Waals surface area contributed by atoms with Gasteiger partial charge in [0.25, 0.3) is 10.0 Å². The van der Waals surface area contributed by atoms with Gasteiger partial charge >= 0.3 is 0 Å². The van der Waals surface area contributed by atoms with Gasteiger partial charge in [-0.3, -0.25) is 4.98 Å². The summed E-state index contributed by atoms with van der Waals surface area (Å²) < 4.78 is 40.8. The Morgan fingerprint density at radius 2 is 1.96 bits per heavy atom. The van der Waals surface area contributed by atoms with Crippen LogP contribution in [0.2, 0.25) is 0 Å². The van der Waals surface area contributed by atoms with Gasteiger partial charge in [-0.15, -0.1) is 0 Å². The summed E-state index contributed by atoms with van der Waals surface area (Å²) in [6.07, 6.45) is 9.00. The van der Waals surface area contributed by atoms with Crippen LogP contribution >= 0.6 is 0 Å². The summed E-state index contributed by atoms with van der Waals surface area (Å²) in [6.45, 7) is 0. The first-order chi connectivity index (χ1) is 12.1. The number of fused-ring (bicyclic) bond motifs is 1. The van der Waals surface area contributed by atoms with Gasteiger partial charge in [-0.2, -0.15) is 0 Å². The van der Waals surface area contributed by atoms with Gasteiger partial charge in [-0.05, 0) is 48.2 Å². The van der Waals surface area contributed by atoms with E-state index in [4.69, 9.17) is 0 Å². The highest BCUT2D eigenvalue weighted by atomic mass is 32.2. The fourth-order valence-corrected chi connectivity index (χ4v) is 5.12. The summed E-state index contributed by atoms with van der Waals surface area (Å²) in [5.74, 6) is 0.0137. The van der Waals surface area contributed by atoms with E-state index in [1.165, 1.54) is 47.9 Å². The number of halogens is 1. The molecule has 0 bridgehead atoms. The lowest BCUT2D eigenvalue weighted by Gasteiger charge is -2.07. The van der Waals surface area contributed by atoms with Crippen molar-refractivity contribution < 1.29 is 12.8 Å². The average molecular weight is 358 g/mol. The molecule has 1 aliphatic carbocycles. The SMILES string of the molecule is O=S(=O)(c1cccc(F)c1)n1cc(CC2CCCC2)c2ncccc21. The lowest BCUT2D eigenvalue weighted by Crippen LogP contribution is -2.12. The first-order valence-corrected chi connectivity index (χ1v) is 9.96. The van der Waals surface area contributed by atoms with E-state index in [1.807, 2.05) is 0 Å². The molecular formula is C19H19FN2O2S. The second-order valence-electron chi connectivity index (χ2n) is 6.64. The van der Waals surface area contributed by atoms with Gasteiger partial charge in [-0.1, -0.05) is 31.7 Å². The average Bonchev–Trinajstić information content (AvgIpc) is 3.24. The molecule has 2 aromatic heterocycles. The quantitative estimate of drug-likeness (QED) is 0.704. The summed E-state index contributed by atoms with van der Waals surface area (Å²) in [7, 11) is -3.86. The van der Waals surface area contributed by atoms with Gasteiger partial charge < -0.3 is 0 Å². The Balaban J connectivity index is 1.84. The van der Waals surface area contributed by atoms with Crippen molar-refractivity contribution in [1.29, 1.82) is 0 Å². The van der Waals surface area contributed by atoms with Gasteiger partial charge in [0.15, 0.2) is 0 Å². The van der Waals surface area contributed by atoms with Crippen molar-refractivity contribution in [2.24, 2.45) is 5.92 Å². The zero-order chi connectivity index (χ0) is 17.4. The standard InChI is InChI=1S/C19H19FN2O2S/c20-16-7-3-8-17(12-16)25(23,24)22-13-15(11-14-5-1-2-6-14)19-18(22)9-4-10-21-19/h3-4,7-10,12-14H,1-2,5-6,11H2. The molecule has 1 aliphatic rings. The van der Waals surface area contributed by atoms with Crippen molar-refractivity contribution in [2.75, 3.05) is 0 Å². The molecule has 0 aliphatic heterocycles. The molecule has 6 heteroatoms. The third kappa shape index (κ3) is 2.95. The highest BCUT2D eigenvalue weighted by molar-refractivity contribution is 7.90. The van der Waals surface area contributed by atoms with Crippen LogP contribution in [0.1, 0.15) is 31.2 Å². The molecule has 25 heavy (non-hydrogen) atoms. The molecule has 0 atom stereocenters. The highest BCUT2D eigenvalue weighted by Crippen LogP contribution is 2.32. The van der Waals surface area contributed by atoms with Crippen LogP contribution in [0.25, 0.3) is 11.0 Å². The van der Waals surface area contributed by atoms with E-state index in [2.05, 4.69) is 4.98 Å². The Morgan fingerprint density at radius 1 is 1.16 bits per heavy atom. The maximum absolute atomic E-state index is 13.5. The first-order valence-electron chi connectivity index (χ1n) is 8.52. The van der Waals surface area contributed by atoms with Crippen molar-refractivity contribution in [1.82, 2.24) is 8.96 Å². The third-order valence-corrected chi connectivity index (χ3v) is 6.61. The second-order valence-corrected chi connectivity index (χ2v) is 8.45. The lowest BCUT2D eigenvalue weighted by atomic mass is 9.99. The number of hydrogen-bond acceptors (Lipinski definition) is 3. The molecule has 0 amide bonds. The third-order valence-electron chi connectivity index (χ3n) is 4.94. The fourth-order valence-electron chi connectivity index (χ4n) is 3.71. The Hall–Kier alpha value is -2.21. The zero-order valence-corrected chi connectivity index (χ0v) is 14.5. The number of aromatic nitrogens is 2. The van der Waals surface area contributed by atoms with Crippen molar-refractivity contribution in [2.45, 2.75) is 37.0 Å². The van der Waals surface area contributed by atoms with Crippen LogP contribution < -0.4 is 0 Å². The van der Waals surface area contributed by atoms with Gasteiger partial charge in [0.2, 0.25) is 0 Å². The van der Waals surface area contributed by atoms with Crippen molar-refractivity contribution in [3.05, 3.63) is 60.2 Å². The maximum Gasteiger partial charge on any atom is 0.268 e. The van der Waals surface area contributed by atoms with Crippen LogP contribution in [0.15, 0.2) is 53.7 Å². The number of benzene rings is 1. The summed E-state index contributed by atoms with van der Waals surface area (Å²) >= 11 is 0. The topological polar surface area (TPSA) is 52.0 Å². The van der Waals surface area contributed by atoms with Crippen LogP contribution in [-0.4, -0.2) is 17.4 Å². The highest BCUT2D eigenvalue weighted by Gasteiger charge is 2.24. The van der Waals surface area contributed by atoms with Gasteiger partial charge in [0.05, 0.1) is 15.9 Å². The predicted octanol–water partition coefficient (Wildman–Crippen LogP) is 4.15. The molecule has 0 N–H and O–H groups in total. The normalized spacial score (nSPS) is 15.9. The van der Waals surface area contributed by atoms with Crippen molar-refractivity contribution >= 4 is 21.1 Å². The summed E-state index contributed by atoms with van der Waals surface area (Å²) in [6, 6.07) is 8.58. The molecule has 0 unspecified atom stereocenters. The smallest absolute Gasteiger partial charge is 0.254 e. The molecule has 0 saturated heterocycles. The molecule has 0 radical (unpaired) electrons. The minimum absolute atomic E-state index is 0.0549. The van der Waals surface area contributed by atoms with Crippen LogP contribution in [0.5, 0.6) is 0 Å². The summed E-state index contributed by atoms with van der Waals surface area (Å²) in [5.41, 5.74) is 2.21. The van der Waals surface area contributed by atoms with E-state index in [0.717, 1.165) is 23.6 Å². The second kappa shape index (κ2) is 6.26. The zero-order valence-electron chi connectivity index (χ0n) is 13.7. The van der Waals surface area contributed by atoms with Crippen LogP contribution in [0.3, 0.4) is 0 Å². The molecule has 2 heterocycles. The maximum atomic E-state index is 13.5. The molecule has 1 saturated carbocycles. The molecule has 1 aromatic carbocycles. The Labute approximate surface area is 146 Å². The van der Waals surface area contributed by atoms with E-state index in [9.17, 15) is 12.8 Å². The predicted molar refractivity (Wildman–Crippen MR) is 94.4 cm³/mol. The number of nitrogens with zero attached hydrogens (tertiary/aromatic N) is 2. The van der Waals surface area contributed by atoms with E-state index in [-0.39, 0.29) is 4.90 Å².